The molecule has 31 heavy (non-hydrogen) atoms. The molecule has 0 aliphatic carbocycles. The van der Waals surface area contributed by atoms with Crippen molar-refractivity contribution >= 4 is 39.1 Å². The Morgan fingerprint density at radius 2 is 1.94 bits per heavy atom. The Balaban J connectivity index is 1.75. The fraction of sp³-hybridized carbons (Fsp3) is 0.269. The monoisotopic (exact) mass is 498 g/mol. The van der Waals surface area contributed by atoms with Crippen LogP contribution in [0.15, 0.2) is 53.0 Å². The van der Waals surface area contributed by atoms with E-state index in [0.717, 1.165) is 50.4 Å². The molecule has 0 amide bonds. The van der Waals surface area contributed by atoms with Gasteiger partial charge in [-0.2, -0.15) is 0 Å². The molecular formula is C26H27BrO3S. The summed E-state index contributed by atoms with van der Waals surface area (Å²) in [7, 11) is 1.65. The number of benzene rings is 2. The van der Waals surface area contributed by atoms with Gasteiger partial charge in [-0.3, -0.25) is 4.79 Å². The first-order chi connectivity index (χ1) is 14.9. The van der Waals surface area contributed by atoms with Gasteiger partial charge in [-0.15, -0.1) is 11.3 Å². The van der Waals surface area contributed by atoms with Gasteiger partial charge in [0.1, 0.15) is 18.1 Å². The highest BCUT2D eigenvalue weighted by Gasteiger charge is 2.11. The standard InChI is InChI=1S/C26H27BrO3S/c1-5-7-25-21(27)15-26(31-25)22(28)12-10-19-11-13-24(29-4)20(14-19)16-30-23-9-6-8-17(2)18(23)3/h6,8-15H,5,7,16H2,1-4H3/b12-10+. The molecule has 0 atom stereocenters. The minimum absolute atomic E-state index is 0.0112. The first-order valence-electron chi connectivity index (χ1n) is 10.3. The maximum absolute atomic E-state index is 12.6. The molecule has 0 fully saturated rings. The second-order valence-corrected chi connectivity index (χ2v) is 9.38. The highest BCUT2D eigenvalue weighted by molar-refractivity contribution is 9.10. The zero-order valence-corrected chi connectivity index (χ0v) is 20.7. The number of ketones is 1. The molecule has 1 aromatic heterocycles. The molecule has 5 heteroatoms. The van der Waals surface area contributed by atoms with Crippen LogP contribution < -0.4 is 9.47 Å². The molecule has 0 spiro atoms. The van der Waals surface area contributed by atoms with Crippen molar-refractivity contribution in [2.45, 2.75) is 40.2 Å². The number of hydrogen-bond acceptors (Lipinski definition) is 4. The van der Waals surface area contributed by atoms with Gasteiger partial charge in [-0.1, -0.05) is 37.6 Å². The Bertz CT molecular complexity index is 1100. The van der Waals surface area contributed by atoms with E-state index in [1.807, 2.05) is 42.5 Å². The van der Waals surface area contributed by atoms with Gasteiger partial charge in [0.25, 0.3) is 0 Å². The van der Waals surface area contributed by atoms with Gasteiger partial charge in [-0.25, -0.2) is 0 Å². The number of carbonyl (C=O) groups is 1. The molecule has 3 aromatic rings. The third-order valence-electron chi connectivity index (χ3n) is 5.15. The van der Waals surface area contributed by atoms with Crippen molar-refractivity contribution in [3.05, 3.63) is 85.0 Å². The molecule has 0 aliphatic rings. The summed E-state index contributed by atoms with van der Waals surface area (Å²) in [5.41, 5.74) is 4.19. The minimum atomic E-state index is 0.0112. The normalized spacial score (nSPS) is 11.1. The number of rotatable bonds is 9. The lowest BCUT2D eigenvalue weighted by atomic mass is 10.1. The Morgan fingerprint density at radius 3 is 2.68 bits per heavy atom. The van der Waals surface area contributed by atoms with Crippen molar-refractivity contribution in [3.8, 4) is 11.5 Å². The Morgan fingerprint density at radius 1 is 1.13 bits per heavy atom. The van der Waals surface area contributed by atoms with E-state index in [1.165, 1.54) is 10.4 Å². The number of aryl methyl sites for hydroxylation is 2. The van der Waals surface area contributed by atoms with Crippen LogP contribution in [0, 0.1) is 13.8 Å². The van der Waals surface area contributed by atoms with E-state index in [0.29, 0.717) is 6.61 Å². The van der Waals surface area contributed by atoms with Gasteiger partial charge in [0.2, 0.25) is 0 Å². The molecule has 0 bridgehead atoms. The van der Waals surface area contributed by atoms with Gasteiger partial charge < -0.3 is 9.47 Å². The highest BCUT2D eigenvalue weighted by atomic mass is 79.9. The first-order valence-corrected chi connectivity index (χ1v) is 11.9. The van der Waals surface area contributed by atoms with Crippen molar-refractivity contribution < 1.29 is 14.3 Å². The zero-order chi connectivity index (χ0) is 22.4. The van der Waals surface area contributed by atoms with Crippen molar-refractivity contribution in [2.75, 3.05) is 7.11 Å². The summed E-state index contributed by atoms with van der Waals surface area (Å²) in [5, 5.41) is 0. The van der Waals surface area contributed by atoms with E-state index >= 15 is 0 Å². The van der Waals surface area contributed by atoms with Gasteiger partial charge >= 0.3 is 0 Å². The van der Waals surface area contributed by atoms with E-state index in [2.05, 4.69) is 42.8 Å². The van der Waals surface area contributed by atoms with Gasteiger partial charge in [0.05, 0.1) is 12.0 Å². The van der Waals surface area contributed by atoms with Crippen molar-refractivity contribution in [3.63, 3.8) is 0 Å². The molecule has 3 rings (SSSR count). The molecule has 0 saturated heterocycles. The number of hydrogen-bond donors (Lipinski definition) is 0. The third-order valence-corrected chi connectivity index (χ3v) is 7.33. The lowest BCUT2D eigenvalue weighted by Gasteiger charge is -2.13. The van der Waals surface area contributed by atoms with E-state index in [-0.39, 0.29) is 5.78 Å². The fourth-order valence-corrected chi connectivity index (χ4v) is 5.13. The fourth-order valence-electron chi connectivity index (χ4n) is 3.23. The molecule has 0 aliphatic heterocycles. The second-order valence-electron chi connectivity index (χ2n) is 7.39. The predicted molar refractivity (Wildman–Crippen MR) is 133 cm³/mol. The maximum atomic E-state index is 12.6. The molecule has 0 radical (unpaired) electrons. The Kier molecular flexibility index (Phi) is 8.10. The van der Waals surface area contributed by atoms with Crippen molar-refractivity contribution in [2.24, 2.45) is 0 Å². The molecule has 2 aromatic carbocycles. The molecule has 0 unspecified atom stereocenters. The topological polar surface area (TPSA) is 35.5 Å². The van der Waals surface area contributed by atoms with Crippen LogP contribution in [0.1, 0.15) is 50.1 Å². The second kappa shape index (κ2) is 10.8. The van der Waals surface area contributed by atoms with Crippen LogP contribution in [0.25, 0.3) is 6.08 Å². The summed E-state index contributed by atoms with van der Waals surface area (Å²) >= 11 is 5.12. The van der Waals surface area contributed by atoms with E-state index in [9.17, 15) is 4.79 Å². The van der Waals surface area contributed by atoms with Crippen LogP contribution >= 0.6 is 27.3 Å². The molecule has 162 valence electrons. The SMILES string of the molecule is CCCc1sc(C(=O)/C=C/c2ccc(OC)c(COc3cccc(C)c3C)c2)cc1Br. The largest absolute Gasteiger partial charge is 0.496 e. The number of thiophene rings is 1. The van der Waals surface area contributed by atoms with Crippen LogP contribution in [-0.2, 0) is 13.0 Å². The third kappa shape index (κ3) is 5.86. The minimum Gasteiger partial charge on any atom is -0.496 e. The molecular weight excluding hydrogens is 472 g/mol. The highest BCUT2D eigenvalue weighted by Crippen LogP contribution is 2.30. The zero-order valence-electron chi connectivity index (χ0n) is 18.3. The van der Waals surface area contributed by atoms with E-state index < -0.39 is 0 Å². The summed E-state index contributed by atoms with van der Waals surface area (Å²) in [4.78, 5) is 14.6. The Hall–Kier alpha value is -2.37. The van der Waals surface area contributed by atoms with E-state index in [1.54, 1.807) is 24.5 Å². The molecule has 0 saturated carbocycles. The summed E-state index contributed by atoms with van der Waals surface area (Å²) in [6, 6.07) is 13.8. The van der Waals surface area contributed by atoms with Crippen LogP contribution in [0.4, 0.5) is 0 Å². The van der Waals surface area contributed by atoms with Gasteiger partial charge in [0.15, 0.2) is 5.78 Å². The van der Waals surface area contributed by atoms with Gasteiger partial charge in [-0.05, 0) is 83.2 Å². The summed E-state index contributed by atoms with van der Waals surface area (Å²) in [5.74, 6) is 1.64. The van der Waals surface area contributed by atoms with Crippen LogP contribution in [0.5, 0.6) is 11.5 Å². The lowest BCUT2D eigenvalue weighted by Crippen LogP contribution is -2.01. The average molecular weight is 499 g/mol. The average Bonchev–Trinajstić information content (AvgIpc) is 3.14. The van der Waals surface area contributed by atoms with Crippen LogP contribution in [-0.4, -0.2) is 12.9 Å². The number of ether oxygens (including phenoxy) is 2. The Labute approximate surface area is 196 Å². The number of allylic oxidation sites excluding steroid dienone is 1. The molecule has 1 heterocycles. The number of carbonyl (C=O) groups excluding carboxylic acids is 1. The lowest BCUT2D eigenvalue weighted by molar-refractivity contribution is 0.105. The molecule has 0 N–H and O–H groups in total. The van der Waals surface area contributed by atoms with Crippen molar-refractivity contribution in [1.82, 2.24) is 0 Å². The smallest absolute Gasteiger partial charge is 0.195 e. The van der Waals surface area contributed by atoms with Crippen molar-refractivity contribution in [1.29, 1.82) is 0 Å². The maximum Gasteiger partial charge on any atom is 0.195 e. The van der Waals surface area contributed by atoms with E-state index in [4.69, 9.17) is 9.47 Å². The van der Waals surface area contributed by atoms with Gasteiger partial charge in [0, 0.05) is 14.9 Å². The number of methoxy groups -OCH3 is 1. The summed E-state index contributed by atoms with van der Waals surface area (Å²) < 4.78 is 12.6. The van der Waals surface area contributed by atoms with Crippen LogP contribution in [0.2, 0.25) is 0 Å². The first kappa shape index (κ1) is 23.3. The quantitative estimate of drug-likeness (QED) is 0.225. The summed E-state index contributed by atoms with van der Waals surface area (Å²) in [6.45, 7) is 6.66. The van der Waals surface area contributed by atoms with Crippen LogP contribution in [0.3, 0.4) is 0 Å². The molecule has 3 nitrogen and oxygen atoms in total. The predicted octanol–water partition coefficient (Wildman–Crippen LogP) is 7.56. The number of halogens is 1. The summed E-state index contributed by atoms with van der Waals surface area (Å²) in [6.07, 6.45) is 5.51.